The maximum absolute atomic E-state index is 13.0. The predicted molar refractivity (Wildman–Crippen MR) is 129 cm³/mol. The molecule has 2 aromatic carbocycles. The van der Waals surface area contributed by atoms with Crippen molar-refractivity contribution in [2.24, 2.45) is 0 Å². The van der Waals surface area contributed by atoms with Crippen LogP contribution in [0.3, 0.4) is 0 Å². The van der Waals surface area contributed by atoms with Gasteiger partial charge in [0.1, 0.15) is 18.5 Å². The molecule has 0 aliphatic heterocycles. The van der Waals surface area contributed by atoms with Gasteiger partial charge in [-0.25, -0.2) is 9.78 Å². The van der Waals surface area contributed by atoms with Crippen molar-refractivity contribution in [1.82, 2.24) is 20.2 Å². The number of nitrogens with one attached hydrogen (secondary N) is 2. The van der Waals surface area contributed by atoms with E-state index in [1.807, 2.05) is 55.5 Å². The molecule has 1 unspecified atom stereocenters. The van der Waals surface area contributed by atoms with E-state index in [1.54, 1.807) is 13.2 Å². The van der Waals surface area contributed by atoms with Gasteiger partial charge in [0.15, 0.2) is 0 Å². The first-order valence-electron chi connectivity index (χ1n) is 11.4. The number of benzene rings is 2. The largest absolute Gasteiger partial charge is 0.481 e. The summed E-state index contributed by atoms with van der Waals surface area (Å²) in [6.45, 7) is 2.15. The van der Waals surface area contributed by atoms with Gasteiger partial charge in [0.25, 0.3) is 0 Å². The summed E-state index contributed by atoms with van der Waals surface area (Å²) in [6.07, 6.45) is 0.566. The molecule has 1 heterocycles. The maximum atomic E-state index is 13.0. The second-order valence-corrected chi connectivity index (χ2v) is 8.66. The molecule has 9 nitrogen and oxygen atoms in total. The van der Waals surface area contributed by atoms with Gasteiger partial charge in [-0.2, -0.15) is 0 Å². The Morgan fingerprint density at radius 2 is 1.74 bits per heavy atom. The number of aromatic amines is 1. The number of carbonyl (C=O) groups is 3. The van der Waals surface area contributed by atoms with Crippen molar-refractivity contribution in [3.8, 4) is 11.1 Å². The SMILES string of the molecule is Cc1cnc(CN(C)C(=O)C(CCC(=O)O)NC(=O)OCC2c3ccccc3-c3ccccc32)[nH]1. The minimum absolute atomic E-state index is 0.0557. The molecule has 1 atom stereocenters. The van der Waals surface area contributed by atoms with Crippen LogP contribution >= 0.6 is 0 Å². The molecule has 0 bridgehead atoms. The van der Waals surface area contributed by atoms with E-state index in [0.717, 1.165) is 27.9 Å². The third-order valence-corrected chi connectivity index (χ3v) is 6.10. The molecule has 0 spiro atoms. The number of amides is 2. The molecule has 9 heteroatoms. The van der Waals surface area contributed by atoms with Crippen LogP contribution < -0.4 is 5.32 Å². The second kappa shape index (κ2) is 10.4. The number of aryl methyl sites for hydroxylation is 1. The van der Waals surface area contributed by atoms with E-state index in [2.05, 4.69) is 15.3 Å². The zero-order chi connectivity index (χ0) is 24.9. The van der Waals surface area contributed by atoms with Crippen LogP contribution in [0.15, 0.2) is 54.7 Å². The molecule has 35 heavy (non-hydrogen) atoms. The highest BCUT2D eigenvalue weighted by atomic mass is 16.5. The summed E-state index contributed by atoms with van der Waals surface area (Å²) in [5, 5.41) is 11.7. The Morgan fingerprint density at radius 3 is 2.31 bits per heavy atom. The van der Waals surface area contributed by atoms with Crippen LogP contribution in [0.25, 0.3) is 11.1 Å². The van der Waals surface area contributed by atoms with Crippen molar-refractivity contribution in [3.63, 3.8) is 0 Å². The van der Waals surface area contributed by atoms with Crippen LogP contribution in [-0.4, -0.2) is 57.6 Å². The number of likely N-dealkylation sites (N-methyl/N-ethyl adjacent to an activating group) is 1. The number of carboxylic acids is 1. The Bertz CT molecular complexity index is 1190. The molecule has 0 radical (unpaired) electrons. The Hall–Kier alpha value is -4.14. The van der Waals surface area contributed by atoms with Crippen LogP contribution in [0.2, 0.25) is 0 Å². The Balaban J connectivity index is 1.41. The molecule has 0 fully saturated rings. The number of rotatable bonds is 9. The highest BCUT2D eigenvalue weighted by Crippen LogP contribution is 2.44. The number of imidazole rings is 1. The fraction of sp³-hybridized carbons (Fsp3) is 0.308. The summed E-state index contributed by atoms with van der Waals surface area (Å²) in [6, 6.07) is 15.0. The van der Waals surface area contributed by atoms with Gasteiger partial charge in [0.2, 0.25) is 5.91 Å². The quantitative estimate of drug-likeness (QED) is 0.435. The number of carbonyl (C=O) groups excluding carboxylic acids is 2. The zero-order valence-electron chi connectivity index (χ0n) is 19.7. The van der Waals surface area contributed by atoms with E-state index >= 15 is 0 Å². The van der Waals surface area contributed by atoms with Crippen molar-refractivity contribution in [3.05, 3.63) is 77.4 Å². The number of fused-ring (bicyclic) bond motifs is 3. The number of H-pyrrole nitrogens is 1. The van der Waals surface area contributed by atoms with Gasteiger partial charge in [-0.3, -0.25) is 9.59 Å². The lowest BCUT2D eigenvalue weighted by Crippen LogP contribution is -2.47. The molecule has 182 valence electrons. The monoisotopic (exact) mass is 476 g/mol. The van der Waals surface area contributed by atoms with E-state index in [-0.39, 0.29) is 31.9 Å². The molecule has 0 saturated heterocycles. The molecule has 0 saturated carbocycles. The van der Waals surface area contributed by atoms with Gasteiger partial charge in [-0.1, -0.05) is 48.5 Å². The summed E-state index contributed by atoms with van der Waals surface area (Å²) in [5.74, 6) is -1.00. The van der Waals surface area contributed by atoms with E-state index in [0.29, 0.717) is 5.82 Å². The number of aromatic nitrogens is 2. The van der Waals surface area contributed by atoms with Crippen molar-refractivity contribution in [2.45, 2.75) is 38.3 Å². The molecule has 4 rings (SSSR count). The zero-order valence-corrected chi connectivity index (χ0v) is 19.7. The van der Waals surface area contributed by atoms with Crippen molar-refractivity contribution >= 4 is 18.0 Å². The third-order valence-electron chi connectivity index (χ3n) is 6.10. The Morgan fingerprint density at radius 1 is 1.11 bits per heavy atom. The summed E-state index contributed by atoms with van der Waals surface area (Å²) < 4.78 is 5.54. The first-order chi connectivity index (χ1) is 16.8. The number of nitrogens with zero attached hydrogens (tertiary/aromatic N) is 2. The fourth-order valence-corrected chi connectivity index (χ4v) is 4.42. The van der Waals surface area contributed by atoms with Gasteiger partial charge >= 0.3 is 12.1 Å². The van der Waals surface area contributed by atoms with Crippen molar-refractivity contribution in [2.75, 3.05) is 13.7 Å². The van der Waals surface area contributed by atoms with Crippen LogP contribution in [0, 0.1) is 6.92 Å². The lowest BCUT2D eigenvalue weighted by atomic mass is 9.98. The van der Waals surface area contributed by atoms with Crippen LogP contribution in [0.1, 0.15) is 41.4 Å². The van der Waals surface area contributed by atoms with E-state index < -0.39 is 24.0 Å². The van der Waals surface area contributed by atoms with Gasteiger partial charge < -0.3 is 25.0 Å². The third kappa shape index (κ3) is 5.51. The minimum Gasteiger partial charge on any atom is -0.481 e. The van der Waals surface area contributed by atoms with Crippen LogP contribution in [0.4, 0.5) is 4.79 Å². The van der Waals surface area contributed by atoms with E-state index in [4.69, 9.17) is 9.84 Å². The molecule has 1 aliphatic rings. The summed E-state index contributed by atoms with van der Waals surface area (Å²) in [4.78, 5) is 45.5. The number of ether oxygens (including phenoxy) is 1. The van der Waals surface area contributed by atoms with Crippen LogP contribution in [-0.2, 0) is 20.9 Å². The first kappa shape index (κ1) is 24.0. The normalized spacial score (nSPS) is 13.0. The summed E-state index contributed by atoms with van der Waals surface area (Å²) >= 11 is 0. The fourth-order valence-electron chi connectivity index (χ4n) is 4.42. The van der Waals surface area contributed by atoms with Crippen molar-refractivity contribution < 1.29 is 24.2 Å². The summed E-state index contributed by atoms with van der Waals surface area (Å²) in [7, 11) is 1.58. The number of aliphatic carboxylic acids is 1. The van der Waals surface area contributed by atoms with E-state index in [9.17, 15) is 14.4 Å². The number of hydrogen-bond donors (Lipinski definition) is 3. The average molecular weight is 477 g/mol. The second-order valence-electron chi connectivity index (χ2n) is 8.66. The predicted octanol–water partition coefficient (Wildman–Crippen LogP) is 3.45. The average Bonchev–Trinajstić information content (AvgIpc) is 3.40. The van der Waals surface area contributed by atoms with Gasteiger partial charge in [0.05, 0.1) is 6.54 Å². The maximum Gasteiger partial charge on any atom is 0.407 e. The van der Waals surface area contributed by atoms with E-state index in [1.165, 1.54) is 4.90 Å². The van der Waals surface area contributed by atoms with Crippen molar-refractivity contribution in [1.29, 1.82) is 0 Å². The molecule has 1 aromatic heterocycles. The molecule has 2 amide bonds. The topological polar surface area (TPSA) is 125 Å². The Labute approximate surface area is 203 Å². The van der Waals surface area contributed by atoms with Crippen LogP contribution in [0.5, 0.6) is 0 Å². The highest BCUT2D eigenvalue weighted by Gasteiger charge is 2.30. The molecular formula is C26H28N4O5. The molecule has 1 aliphatic carbocycles. The minimum atomic E-state index is -1.05. The Kier molecular flexibility index (Phi) is 7.14. The smallest absolute Gasteiger partial charge is 0.407 e. The number of carboxylic acid groups (broad SMARTS) is 1. The molecule has 3 aromatic rings. The highest BCUT2D eigenvalue weighted by molar-refractivity contribution is 5.86. The lowest BCUT2D eigenvalue weighted by Gasteiger charge is -2.24. The number of alkyl carbamates (subject to hydrolysis) is 1. The van der Waals surface area contributed by atoms with Gasteiger partial charge in [0, 0.05) is 31.3 Å². The standard InChI is InChI=1S/C26H28N4O5/c1-16-13-27-23(28-16)14-30(2)25(33)22(11-12-24(31)32)29-26(34)35-15-21-19-9-5-3-7-17(19)18-8-4-6-10-20(18)21/h3-10,13,21-22H,11-12,14-15H2,1-2H3,(H,27,28)(H,29,34)(H,31,32). The molecule has 3 N–H and O–H groups in total. The summed E-state index contributed by atoms with van der Waals surface area (Å²) in [5.41, 5.74) is 5.24. The van der Waals surface area contributed by atoms with Gasteiger partial charge in [-0.15, -0.1) is 0 Å². The lowest BCUT2D eigenvalue weighted by molar-refractivity contribution is -0.138. The first-order valence-corrected chi connectivity index (χ1v) is 11.4. The number of hydrogen-bond acceptors (Lipinski definition) is 5. The molecular weight excluding hydrogens is 448 g/mol. The van der Waals surface area contributed by atoms with Gasteiger partial charge in [-0.05, 0) is 35.6 Å².